The van der Waals surface area contributed by atoms with Gasteiger partial charge in [0.05, 0.1) is 18.8 Å². The van der Waals surface area contributed by atoms with E-state index in [1.165, 1.54) is 4.88 Å². The van der Waals surface area contributed by atoms with Crippen LogP contribution >= 0.6 is 23.1 Å². The molecule has 0 saturated carbocycles. The Hall–Kier alpha value is -2.36. The van der Waals surface area contributed by atoms with E-state index < -0.39 is 11.9 Å². The predicted octanol–water partition coefficient (Wildman–Crippen LogP) is 2.41. The third-order valence-electron chi connectivity index (χ3n) is 3.70. The number of thioether (sulfide) groups is 1. The number of benzene rings is 1. The van der Waals surface area contributed by atoms with Gasteiger partial charge in [0.2, 0.25) is 11.8 Å². The van der Waals surface area contributed by atoms with Crippen LogP contribution in [0.1, 0.15) is 4.88 Å². The second kappa shape index (κ2) is 11.5. The van der Waals surface area contributed by atoms with Gasteiger partial charge in [-0.3, -0.25) is 19.8 Å². The van der Waals surface area contributed by atoms with E-state index in [0.717, 1.165) is 17.0 Å². The van der Waals surface area contributed by atoms with E-state index in [-0.39, 0.29) is 19.0 Å². The van der Waals surface area contributed by atoms with Gasteiger partial charge in [0, 0.05) is 16.3 Å². The van der Waals surface area contributed by atoms with Gasteiger partial charge in [-0.05, 0) is 43.3 Å². The van der Waals surface area contributed by atoms with Gasteiger partial charge < -0.3 is 10.6 Å². The third kappa shape index (κ3) is 7.71. The minimum Gasteiger partial charge on any atom is -0.337 e. The molecule has 0 saturated heterocycles. The fourth-order valence-corrected chi connectivity index (χ4v) is 3.71. The van der Waals surface area contributed by atoms with Crippen LogP contribution in [0, 0.1) is 0 Å². The first kappa shape index (κ1) is 21.9. The Balaban J connectivity index is 1.68. The van der Waals surface area contributed by atoms with Crippen molar-refractivity contribution in [1.82, 2.24) is 15.5 Å². The van der Waals surface area contributed by atoms with Crippen LogP contribution in [0.15, 0.2) is 46.7 Å². The van der Waals surface area contributed by atoms with E-state index >= 15 is 0 Å². The average Bonchev–Trinajstić information content (AvgIpc) is 3.15. The molecule has 2 aromatic rings. The molecule has 1 aromatic heterocycles. The number of likely N-dealkylation sites (N-methyl/N-ethyl adjacent to an activating group) is 1. The molecule has 1 heterocycles. The molecule has 2 rings (SSSR count). The third-order valence-corrected chi connectivity index (χ3v) is 5.43. The zero-order valence-electron chi connectivity index (χ0n) is 15.9. The summed E-state index contributed by atoms with van der Waals surface area (Å²) in [5, 5.41) is 9.73. The number of nitrogens with one attached hydrogen (secondary N) is 3. The van der Waals surface area contributed by atoms with Crippen molar-refractivity contribution < 1.29 is 14.4 Å². The van der Waals surface area contributed by atoms with Crippen molar-refractivity contribution in [1.29, 1.82) is 0 Å². The Morgan fingerprint density at radius 1 is 1.07 bits per heavy atom. The molecule has 1 aromatic carbocycles. The molecule has 0 fully saturated rings. The SMILES string of the molecule is CSc1ccccc1NC(=O)CN(C)CC(=O)NC(=O)NCCc1cccs1. The lowest BCUT2D eigenvalue weighted by Gasteiger charge is -2.16. The smallest absolute Gasteiger partial charge is 0.321 e. The van der Waals surface area contributed by atoms with Crippen molar-refractivity contribution in [2.24, 2.45) is 0 Å². The van der Waals surface area contributed by atoms with Crippen LogP contribution in [0.5, 0.6) is 0 Å². The quantitative estimate of drug-likeness (QED) is 0.542. The highest BCUT2D eigenvalue weighted by Crippen LogP contribution is 2.24. The number of hydrogen-bond acceptors (Lipinski definition) is 6. The molecule has 9 heteroatoms. The van der Waals surface area contributed by atoms with Gasteiger partial charge in [0.1, 0.15) is 0 Å². The molecular weight excluding hydrogens is 396 g/mol. The largest absolute Gasteiger partial charge is 0.337 e. The number of imide groups is 1. The van der Waals surface area contributed by atoms with Gasteiger partial charge in [0.15, 0.2) is 0 Å². The molecule has 4 amide bonds. The summed E-state index contributed by atoms with van der Waals surface area (Å²) in [6, 6.07) is 10.9. The fraction of sp³-hybridized carbons (Fsp3) is 0.316. The predicted molar refractivity (Wildman–Crippen MR) is 114 cm³/mol. The van der Waals surface area contributed by atoms with Crippen molar-refractivity contribution >= 4 is 46.6 Å². The molecule has 0 aliphatic carbocycles. The number of rotatable bonds is 9. The molecule has 0 aliphatic heterocycles. The minimum atomic E-state index is -0.534. The van der Waals surface area contributed by atoms with Gasteiger partial charge in [-0.25, -0.2) is 4.79 Å². The summed E-state index contributed by atoms with van der Waals surface area (Å²) in [5.41, 5.74) is 0.739. The monoisotopic (exact) mass is 420 g/mol. The van der Waals surface area contributed by atoms with Crippen molar-refractivity contribution in [2.45, 2.75) is 11.3 Å². The average molecular weight is 421 g/mol. The molecule has 7 nitrogen and oxygen atoms in total. The van der Waals surface area contributed by atoms with Crippen molar-refractivity contribution in [3.05, 3.63) is 46.7 Å². The van der Waals surface area contributed by atoms with Crippen LogP contribution in [-0.4, -0.2) is 55.7 Å². The zero-order chi connectivity index (χ0) is 20.4. The van der Waals surface area contributed by atoms with E-state index in [2.05, 4.69) is 16.0 Å². The van der Waals surface area contributed by atoms with Crippen LogP contribution in [-0.2, 0) is 16.0 Å². The Morgan fingerprint density at radius 2 is 1.82 bits per heavy atom. The Kier molecular flexibility index (Phi) is 8.99. The first-order valence-electron chi connectivity index (χ1n) is 8.69. The minimum absolute atomic E-state index is 0.0378. The number of amides is 4. The molecule has 0 atom stereocenters. The fourth-order valence-electron chi connectivity index (χ4n) is 2.45. The van der Waals surface area contributed by atoms with Crippen molar-refractivity contribution in [3.8, 4) is 0 Å². The maximum atomic E-state index is 12.2. The van der Waals surface area contributed by atoms with Gasteiger partial charge in [0.25, 0.3) is 0 Å². The highest BCUT2D eigenvalue weighted by Gasteiger charge is 2.14. The van der Waals surface area contributed by atoms with Crippen LogP contribution in [0.25, 0.3) is 0 Å². The normalized spacial score (nSPS) is 10.5. The lowest BCUT2D eigenvalue weighted by molar-refractivity contribution is -0.122. The van der Waals surface area contributed by atoms with Crippen LogP contribution in [0.3, 0.4) is 0 Å². The summed E-state index contributed by atoms with van der Waals surface area (Å²) in [6.45, 7) is 0.429. The lowest BCUT2D eigenvalue weighted by Crippen LogP contribution is -2.45. The number of carbonyl (C=O) groups excluding carboxylic acids is 3. The molecule has 3 N–H and O–H groups in total. The highest BCUT2D eigenvalue weighted by molar-refractivity contribution is 7.98. The van der Waals surface area contributed by atoms with Crippen molar-refractivity contribution in [3.63, 3.8) is 0 Å². The van der Waals surface area contributed by atoms with Crippen molar-refractivity contribution in [2.75, 3.05) is 38.3 Å². The summed E-state index contributed by atoms with van der Waals surface area (Å²) in [7, 11) is 1.65. The van der Waals surface area contributed by atoms with Gasteiger partial charge in [-0.2, -0.15) is 0 Å². The lowest BCUT2D eigenvalue weighted by atomic mass is 10.3. The molecule has 0 aliphatic rings. The molecule has 0 bridgehead atoms. The van der Waals surface area contributed by atoms with E-state index in [1.807, 2.05) is 48.0 Å². The summed E-state index contributed by atoms with van der Waals surface area (Å²) in [4.78, 5) is 39.6. The van der Waals surface area contributed by atoms with Gasteiger partial charge in [-0.1, -0.05) is 18.2 Å². The number of anilines is 1. The van der Waals surface area contributed by atoms with Crippen LogP contribution < -0.4 is 16.0 Å². The molecule has 0 radical (unpaired) electrons. The molecule has 28 heavy (non-hydrogen) atoms. The number of carbonyl (C=O) groups is 3. The Bertz CT molecular complexity index is 796. The maximum Gasteiger partial charge on any atom is 0.321 e. The number of urea groups is 1. The second-order valence-electron chi connectivity index (χ2n) is 6.05. The maximum absolute atomic E-state index is 12.2. The van der Waals surface area contributed by atoms with E-state index in [4.69, 9.17) is 0 Å². The summed E-state index contributed by atoms with van der Waals surface area (Å²) in [5.74, 6) is -0.689. The number of para-hydroxylation sites is 1. The van der Waals surface area contributed by atoms with E-state index in [1.54, 1.807) is 35.0 Å². The van der Waals surface area contributed by atoms with Gasteiger partial charge >= 0.3 is 6.03 Å². The first-order valence-corrected chi connectivity index (χ1v) is 10.8. The van der Waals surface area contributed by atoms with E-state index in [0.29, 0.717) is 6.54 Å². The van der Waals surface area contributed by atoms with Gasteiger partial charge in [-0.15, -0.1) is 23.1 Å². The molecule has 0 unspecified atom stereocenters. The molecular formula is C19H24N4O3S2. The molecule has 150 valence electrons. The van der Waals surface area contributed by atoms with Crippen LogP contribution in [0.2, 0.25) is 0 Å². The summed E-state index contributed by atoms with van der Waals surface area (Å²) >= 11 is 3.16. The summed E-state index contributed by atoms with van der Waals surface area (Å²) in [6.07, 6.45) is 2.66. The summed E-state index contributed by atoms with van der Waals surface area (Å²) < 4.78 is 0. The number of hydrogen-bond donors (Lipinski definition) is 3. The van der Waals surface area contributed by atoms with Crippen LogP contribution in [0.4, 0.5) is 10.5 Å². The van der Waals surface area contributed by atoms with E-state index in [9.17, 15) is 14.4 Å². The standard InChI is InChI=1S/C19H24N4O3S2/c1-23(12-17(24)21-15-7-3-4-8-16(15)27-2)13-18(25)22-19(26)20-10-9-14-6-5-11-28-14/h3-8,11H,9-10,12-13H2,1-2H3,(H,21,24)(H2,20,22,25,26). The zero-order valence-corrected chi connectivity index (χ0v) is 17.5. The first-order chi connectivity index (χ1) is 13.5. The highest BCUT2D eigenvalue weighted by atomic mass is 32.2. The number of nitrogens with zero attached hydrogens (tertiary/aromatic N) is 1. The number of thiophene rings is 1. The topological polar surface area (TPSA) is 90.5 Å². The Labute approximate surface area is 172 Å². The second-order valence-corrected chi connectivity index (χ2v) is 7.93. The Morgan fingerprint density at radius 3 is 2.54 bits per heavy atom. The molecule has 0 spiro atoms.